The molecule has 1 atom stereocenters. The van der Waals surface area contributed by atoms with E-state index in [4.69, 9.17) is 0 Å². The van der Waals surface area contributed by atoms with Crippen LogP contribution < -0.4 is 5.32 Å². The minimum absolute atomic E-state index is 0. The number of amides is 1. The van der Waals surface area contributed by atoms with Crippen molar-refractivity contribution in [2.24, 2.45) is 5.92 Å². The zero-order valence-electron chi connectivity index (χ0n) is 12.5. The molecule has 6 heteroatoms. The number of benzene rings is 1. The SMILES string of the molecule is COC(=O)C(C)CN(C)C(=O)c1ccc2c(c1)CCN2.Cl. The Labute approximate surface area is 131 Å². The van der Waals surface area contributed by atoms with Gasteiger partial charge in [0.25, 0.3) is 5.91 Å². The highest BCUT2D eigenvalue weighted by atomic mass is 35.5. The first-order valence-corrected chi connectivity index (χ1v) is 6.73. The smallest absolute Gasteiger partial charge is 0.310 e. The lowest BCUT2D eigenvalue weighted by molar-refractivity contribution is -0.145. The fraction of sp³-hybridized carbons (Fsp3) is 0.467. The van der Waals surface area contributed by atoms with Crippen LogP contribution in [0.25, 0.3) is 0 Å². The van der Waals surface area contributed by atoms with Crippen molar-refractivity contribution in [1.82, 2.24) is 4.90 Å². The van der Waals surface area contributed by atoms with E-state index < -0.39 is 0 Å². The summed E-state index contributed by atoms with van der Waals surface area (Å²) in [5.41, 5.74) is 2.93. The van der Waals surface area contributed by atoms with Crippen LogP contribution in [0.1, 0.15) is 22.8 Å². The zero-order chi connectivity index (χ0) is 14.7. The number of esters is 1. The molecule has 0 bridgehead atoms. The number of rotatable bonds is 4. The summed E-state index contributed by atoms with van der Waals surface area (Å²) in [4.78, 5) is 25.3. The average Bonchev–Trinajstić information content (AvgIpc) is 2.92. The molecule has 1 heterocycles. The molecule has 0 spiro atoms. The van der Waals surface area contributed by atoms with Gasteiger partial charge in [-0.25, -0.2) is 0 Å². The number of ether oxygens (including phenoxy) is 1. The fourth-order valence-corrected chi connectivity index (χ4v) is 2.43. The second-order valence-electron chi connectivity index (χ2n) is 5.16. The second-order valence-corrected chi connectivity index (χ2v) is 5.16. The maximum absolute atomic E-state index is 12.3. The van der Waals surface area contributed by atoms with E-state index in [9.17, 15) is 9.59 Å². The number of anilines is 1. The van der Waals surface area contributed by atoms with E-state index in [1.54, 1.807) is 18.9 Å². The van der Waals surface area contributed by atoms with Gasteiger partial charge in [0.2, 0.25) is 0 Å². The molecular formula is C15H21ClN2O3. The van der Waals surface area contributed by atoms with Crippen molar-refractivity contribution in [3.05, 3.63) is 29.3 Å². The molecule has 21 heavy (non-hydrogen) atoms. The largest absolute Gasteiger partial charge is 0.469 e. The standard InChI is InChI=1S/C15H20N2O3.ClH/c1-10(15(19)20-3)9-17(2)14(18)12-4-5-13-11(8-12)6-7-16-13;/h4-5,8,10,16H,6-7,9H2,1-3H3;1H. The molecule has 1 unspecified atom stereocenters. The number of hydrogen-bond acceptors (Lipinski definition) is 4. The highest BCUT2D eigenvalue weighted by Crippen LogP contribution is 2.23. The Morgan fingerprint density at radius 1 is 1.43 bits per heavy atom. The predicted molar refractivity (Wildman–Crippen MR) is 84.0 cm³/mol. The lowest BCUT2D eigenvalue weighted by atomic mass is 10.1. The zero-order valence-corrected chi connectivity index (χ0v) is 13.3. The lowest BCUT2D eigenvalue weighted by Gasteiger charge is -2.20. The summed E-state index contributed by atoms with van der Waals surface area (Å²) in [6.45, 7) is 3.02. The van der Waals surface area contributed by atoms with E-state index in [0.717, 1.165) is 18.7 Å². The van der Waals surface area contributed by atoms with Crippen LogP contribution in [0.4, 0.5) is 5.69 Å². The third-order valence-electron chi connectivity index (χ3n) is 3.56. The van der Waals surface area contributed by atoms with E-state index in [2.05, 4.69) is 10.1 Å². The van der Waals surface area contributed by atoms with Crippen LogP contribution in [-0.4, -0.2) is 44.0 Å². The van der Waals surface area contributed by atoms with E-state index in [1.807, 2.05) is 18.2 Å². The van der Waals surface area contributed by atoms with Crippen molar-refractivity contribution < 1.29 is 14.3 Å². The van der Waals surface area contributed by atoms with Crippen LogP contribution in [0.5, 0.6) is 0 Å². The highest BCUT2D eigenvalue weighted by Gasteiger charge is 2.21. The molecule has 2 rings (SSSR count). The van der Waals surface area contributed by atoms with Gasteiger partial charge in [-0.3, -0.25) is 9.59 Å². The molecule has 116 valence electrons. The Hall–Kier alpha value is -1.75. The maximum atomic E-state index is 12.3. The molecule has 0 fully saturated rings. The average molecular weight is 313 g/mol. The van der Waals surface area contributed by atoms with Gasteiger partial charge in [-0.15, -0.1) is 12.4 Å². The van der Waals surface area contributed by atoms with Gasteiger partial charge in [0.1, 0.15) is 0 Å². The van der Waals surface area contributed by atoms with Crippen molar-refractivity contribution in [2.75, 3.05) is 32.6 Å². The number of hydrogen-bond donors (Lipinski definition) is 1. The van der Waals surface area contributed by atoms with Crippen LogP contribution in [0.2, 0.25) is 0 Å². The molecule has 1 N–H and O–H groups in total. The molecule has 1 amide bonds. The highest BCUT2D eigenvalue weighted by molar-refractivity contribution is 5.95. The summed E-state index contributed by atoms with van der Waals surface area (Å²) in [5.74, 6) is -0.705. The Balaban J connectivity index is 0.00000220. The normalized spacial score (nSPS) is 13.5. The molecule has 1 aliphatic heterocycles. The Morgan fingerprint density at radius 2 is 2.14 bits per heavy atom. The summed E-state index contributed by atoms with van der Waals surface area (Å²) in [7, 11) is 3.06. The van der Waals surface area contributed by atoms with Gasteiger partial charge < -0.3 is 15.0 Å². The van der Waals surface area contributed by atoms with E-state index in [1.165, 1.54) is 12.7 Å². The Kier molecular flexibility index (Phi) is 6.03. The van der Waals surface area contributed by atoms with Gasteiger partial charge in [-0.2, -0.15) is 0 Å². The first-order chi connectivity index (χ1) is 9.52. The quantitative estimate of drug-likeness (QED) is 0.863. The number of halogens is 1. The second kappa shape index (κ2) is 7.31. The van der Waals surface area contributed by atoms with Crippen molar-refractivity contribution >= 4 is 30.0 Å². The van der Waals surface area contributed by atoms with Gasteiger partial charge in [-0.1, -0.05) is 6.92 Å². The van der Waals surface area contributed by atoms with Gasteiger partial charge in [-0.05, 0) is 30.2 Å². The van der Waals surface area contributed by atoms with Crippen LogP contribution in [-0.2, 0) is 16.0 Å². The number of methoxy groups -OCH3 is 1. The van der Waals surface area contributed by atoms with E-state index >= 15 is 0 Å². The fourth-order valence-electron chi connectivity index (χ4n) is 2.43. The van der Waals surface area contributed by atoms with Crippen LogP contribution in [0.15, 0.2) is 18.2 Å². The minimum atomic E-state index is -0.329. The summed E-state index contributed by atoms with van der Waals surface area (Å²) in [6, 6.07) is 5.68. The first kappa shape index (κ1) is 17.3. The lowest BCUT2D eigenvalue weighted by Crippen LogP contribution is -2.34. The summed E-state index contributed by atoms with van der Waals surface area (Å²) < 4.78 is 4.67. The molecule has 0 saturated heterocycles. The molecule has 0 radical (unpaired) electrons. The van der Waals surface area contributed by atoms with Crippen molar-refractivity contribution in [1.29, 1.82) is 0 Å². The topological polar surface area (TPSA) is 58.6 Å². The van der Waals surface area contributed by atoms with Gasteiger partial charge in [0.15, 0.2) is 0 Å². The summed E-state index contributed by atoms with van der Waals surface area (Å²) in [6.07, 6.45) is 0.943. The Bertz CT molecular complexity index is 534. The number of carbonyl (C=O) groups is 2. The molecule has 0 saturated carbocycles. The molecule has 1 aliphatic rings. The number of nitrogens with one attached hydrogen (secondary N) is 1. The molecule has 5 nitrogen and oxygen atoms in total. The van der Waals surface area contributed by atoms with E-state index in [0.29, 0.717) is 12.1 Å². The molecule has 0 aromatic heterocycles. The Morgan fingerprint density at radius 3 is 2.81 bits per heavy atom. The monoisotopic (exact) mass is 312 g/mol. The first-order valence-electron chi connectivity index (χ1n) is 6.73. The van der Waals surface area contributed by atoms with Crippen LogP contribution in [0, 0.1) is 5.92 Å². The maximum Gasteiger partial charge on any atom is 0.310 e. The molecule has 0 aliphatic carbocycles. The van der Waals surface area contributed by atoms with Crippen LogP contribution in [0.3, 0.4) is 0 Å². The predicted octanol–water partition coefficient (Wildman–Crippen LogP) is 1.96. The third kappa shape index (κ3) is 3.88. The van der Waals surface area contributed by atoms with Gasteiger partial charge in [0, 0.05) is 31.4 Å². The van der Waals surface area contributed by atoms with Crippen molar-refractivity contribution in [2.45, 2.75) is 13.3 Å². The summed E-state index contributed by atoms with van der Waals surface area (Å²) in [5, 5.41) is 3.26. The summed E-state index contributed by atoms with van der Waals surface area (Å²) >= 11 is 0. The number of carbonyl (C=O) groups excluding carboxylic acids is 2. The number of nitrogens with zero attached hydrogens (tertiary/aromatic N) is 1. The molecular weight excluding hydrogens is 292 g/mol. The van der Waals surface area contributed by atoms with Crippen molar-refractivity contribution in [3.63, 3.8) is 0 Å². The van der Waals surface area contributed by atoms with Gasteiger partial charge in [0.05, 0.1) is 13.0 Å². The molecule has 1 aromatic carbocycles. The van der Waals surface area contributed by atoms with Crippen molar-refractivity contribution in [3.8, 4) is 0 Å². The van der Waals surface area contributed by atoms with Gasteiger partial charge >= 0.3 is 5.97 Å². The minimum Gasteiger partial charge on any atom is -0.469 e. The third-order valence-corrected chi connectivity index (χ3v) is 3.56. The van der Waals surface area contributed by atoms with Crippen LogP contribution >= 0.6 is 12.4 Å². The van der Waals surface area contributed by atoms with E-state index in [-0.39, 0.29) is 30.2 Å². The number of fused-ring (bicyclic) bond motifs is 1. The molecule has 1 aromatic rings.